The van der Waals surface area contributed by atoms with E-state index >= 15 is 0 Å². The molecule has 0 unspecified atom stereocenters. The molecular weight excluding hydrogens is 308 g/mol. The fourth-order valence-electron chi connectivity index (χ4n) is 2.06. The van der Waals surface area contributed by atoms with Crippen molar-refractivity contribution in [3.63, 3.8) is 0 Å². The molecule has 2 aromatic rings. The van der Waals surface area contributed by atoms with Crippen molar-refractivity contribution >= 4 is 29.0 Å². The van der Waals surface area contributed by atoms with E-state index in [0.717, 1.165) is 16.3 Å². The number of ether oxygens (including phenoxy) is 1. The molecule has 0 aliphatic heterocycles. The highest BCUT2D eigenvalue weighted by molar-refractivity contribution is 7.09. The number of carbonyl (C=O) groups is 1. The number of anilines is 1. The number of thiazole rings is 1. The smallest absolute Gasteiger partial charge is 0.248 e. The largest absolute Gasteiger partial charge is 0.495 e. The lowest BCUT2D eigenvalue weighted by Gasteiger charge is -2.21. The summed E-state index contributed by atoms with van der Waals surface area (Å²) in [5.41, 5.74) is 2.59. The maximum Gasteiger partial charge on any atom is 0.248 e. The summed E-state index contributed by atoms with van der Waals surface area (Å²) in [7, 11) is 1.59. The zero-order valence-corrected chi connectivity index (χ0v) is 15.0. The van der Waals surface area contributed by atoms with Crippen LogP contribution in [0.3, 0.4) is 0 Å². The molecule has 4 nitrogen and oxygen atoms in total. The first-order chi connectivity index (χ1) is 10.8. The van der Waals surface area contributed by atoms with Crippen molar-refractivity contribution < 1.29 is 9.53 Å². The van der Waals surface area contributed by atoms with Crippen LogP contribution in [-0.4, -0.2) is 18.0 Å². The summed E-state index contributed by atoms with van der Waals surface area (Å²) in [5.74, 6) is 0.435. The predicted octanol–water partition coefficient (Wildman–Crippen LogP) is 4.41. The van der Waals surface area contributed by atoms with Gasteiger partial charge in [0.2, 0.25) is 5.91 Å². The van der Waals surface area contributed by atoms with Gasteiger partial charge < -0.3 is 10.1 Å². The van der Waals surface area contributed by atoms with Gasteiger partial charge in [0.25, 0.3) is 0 Å². The maximum absolute atomic E-state index is 12.1. The lowest BCUT2D eigenvalue weighted by Crippen LogP contribution is -2.14. The van der Waals surface area contributed by atoms with E-state index in [4.69, 9.17) is 4.74 Å². The van der Waals surface area contributed by atoms with Crippen LogP contribution in [0.15, 0.2) is 29.7 Å². The van der Waals surface area contributed by atoms with Gasteiger partial charge in [0.15, 0.2) is 0 Å². The first-order valence-electron chi connectivity index (χ1n) is 7.39. The van der Waals surface area contributed by atoms with Crippen LogP contribution in [0.4, 0.5) is 5.69 Å². The monoisotopic (exact) mass is 330 g/mol. The van der Waals surface area contributed by atoms with Crippen LogP contribution in [-0.2, 0) is 10.2 Å². The van der Waals surface area contributed by atoms with Gasteiger partial charge in [-0.25, -0.2) is 4.98 Å². The number of aromatic nitrogens is 1. The fourth-order valence-corrected chi connectivity index (χ4v) is 2.65. The van der Waals surface area contributed by atoms with E-state index in [1.807, 2.05) is 30.5 Å². The number of methoxy groups -OCH3 is 1. The summed E-state index contributed by atoms with van der Waals surface area (Å²) in [4.78, 5) is 16.4. The Kier molecular flexibility index (Phi) is 5.21. The number of benzene rings is 1. The third-order valence-electron chi connectivity index (χ3n) is 3.37. The van der Waals surface area contributed by atoms with Gasteiger partial charge in [0.1, 0.15) is 5.75 Å². The van der Waals surface area contributed by atoms with Crippen LogP contribution < -0.4 is 10.1 Å². The number of rotatable bonds is 4. The molecule has 0 atom stereocenters. The summed E-state index contributed by atoms with van der Waals surface area (Å²) in [5, 5.41) is 5.77. The summed E-state index contributed by atoms with van der Waals surface area (Å²) < 4.78 is 5.33. The van der Waals surface area contributed by atoms with Crippen molar-refractivity contribution in [2.24, 2.45) is 0 Å². The normalized spacial score (nSPS) is 11.7. The van der Waals surface area contributed by atoms with Crippen LogP contribution >= 0.6 is 11.3 Å². The lowest BCUT2D eigenvalue weighted by atomic mass is 9.87. The molecule has 5 heteroatoms. The summed E-state index contributed by atoms with van der Waals surface area (Å²) in [6.07, 6.45) is 3.19. The zero-order valence-electron chi connectivity index (χ0n) is 14.1. The van der Waals surface area contributed by atoms with Crippen LogP contribution in [0.2, 0.25) is 0 Å². The van der Waals surface area contributed by atoms with Gasteiger partial charge in [0, 0.05) is 11.5 Å². The topological polar surface area (TPSA) is 51.2 Å². The molecule has 0 radical (unpaired) electrons. The van der Waals surface area contributed by atoms with Gasteiger partial charge in [-0.3, -0.25) is 4.79 Å². The number of carbonyl (C=O) groups excluding carboxylic acids is 1. The highest BCUT2D eigenvalue weighted by Gasteiger charge is 2.16. The van der Waals surface area contributed by atoms with Crippen LogP contribution in [0.25, 0.3) is 6.08 Å². The van der Waals surface area contributed by atoms with Gasteiger partial charge >= 0.3 is 0 Å². The summed E-state index contributed by atoms with van der Waals surface area (Å²) in [6.45, 7) is 8.32. The van der Waals surface area contributed by atoms with Crippen molar-refractivity contribution in [3.8, 4) is 5.75 Å². The van der Waals surface area contributed by atoms with E-state index in [2.05, 4.69) is 31.1 Å². The minimum Gasteiger partial charge on any atom is -0.495 e. The van der Waals surface area contributed by atoms with Crippen molar-refractivity contribution in [2.45, 2.75) is 33.1 Å². The second-order valence-corrected chi connectivity index (χ2v) is 7.34. The Bertz CT molecular complexity index is 727. The molecule has 1 aromatic carbocycles. The Balaban J connectivity index is 2.17. The molecule has 0 aliphatic rings. The van der Waals surface area contributed by atoms with Crippen molar-refractivity contribution in [2.75, 3.05) is 12.4 Å². The molecule has 0 saturated carbocycles. The molecule has 0 spiro atoms. The molecule has 23 heavy (non-hydrogen) atoms. The van der Waals surface area contributed by atoms with Crippen LogP contribution in [0.5, 0.6) is 5.75 Å². The first kappa shape index (κ1) is 17.2. The number of nitrogens with one attached hydrogen (secondary N) is 1. The third kappa shape index (κ3) is 4.66. The minimum atomic E-state index is -0.208. The van der Waals surface area contributed by atoms with Gasteiger partial charge in [0.05, 0.1) is 23.5 Å². The second kappa shape index (κ2) is 6.96. The van der Waals surface area contributed by atoms with E-state index in [-0.39, 0.29) is 11.3 Å². The SMILES string of the molecule is COc1ccc(C(C)(C)C)cc1NC(=O)C=Cc1csc(C)n1. The van der Waals surface area contributed by atoms with Gasteiger partial charge in [-0.15, -0.1) is 11.3 Å². The molecule has 1 heterocycles. The molecular formula is C18H22N2O2S. The van der Waals surface area contributed by atoms with E-state index < -0.39 is 0 Å². The van der Waals surface area contributed by atoms with Crippen molar-refractivity contribution in [3.05, 3.63) is 45.9 Å². The second-order valence-electron chi connectivity index (χ2n) is 6.28. The fraction of sp³-hybridized carbons (Fsp3) is 0.333. The summed E-state index contributed by atoms with van der Waals surface area (Å²) >= 11 is 1.56. The Morgan fingerprint density at radius 2 is 2.09 bits per heavy atom. The molecule has 1 aromatic heterocycles. The van der Waals surface area contributed by atoms with E-state index in [1.54, 1.807) is 24.5 Å². The number of nitrogens with zero attached hydrogens (tertiary/aromatic N) is 1. The zero-order chi connectivity index (χ0) is 17.0. The van der Waals surface area contributed by atoms with Gasteiger partial charge in [-0.2, -0.15) is 0 Å². The lowest BCUT2D eigenvalue weighted by molar-refractivity contribution is -0.111. The Hall–Kier alpha value is -2.14. The molecule has 122 valence electrons. The van der Waals surface area contributed by atoms with Crippen LogP contribution in [0.1, 0.15) is 37.0 Å². The Morgan fingerprint density at radius 3 is 2.65 bits per heavy atom. The van der Waals surface area contributed by atoms with Crippen molar-refractivity contribution in [1.82, 2.24) is 4.98 Å². The predicted molar refractivity (Wildman–Crippen MR) is 96.2 cm³/mol. The third-order valence-corrected chi connectivity index (χ3v) is 4.16. The molecule has 1 N–H and O–H groups in total. The molecule has 0 fully saturated rings. The standard InChI is InChI=1S/C18H22N2O2S/c1-12-19-14(11-23-12)7-9-17(21)20-15-10-13(18(2,3)4)6-8-16(15)22-5/h6-11H,1-5H3,(H,20,21). The molecule has 0 saturated heterocycles. The highest BCUT2D eigenvalue weighted by Crippen LogP contribution is 2.31. The molecule has 2 rings (SSSR count). The number of amides is 1. The van der Waals surface area contributed by atoms with Gasteiger partial charge in [-0.1, -0.05) is 26.8 Å². The number of aryl methyl sites for hydroxylation is 1. The van der Waals surface area contributed by atoms with Gasteiger partial charge in [-0.05, 0) is 36.1 Å². The summed E-state index contributed by atoms with van der Waals surface area (Å²) in [6, 6.07) is 5.85. The average molecular weight is 330 g/mol. The molecule has 1 amide bonds. The minimum absolute atomic E-state index is 0.000286. The Morgan fingerprint density at radius 1 is 1.35 bits per heavy atom. The van der Waals surface area contributed by atoms with E-state index in [1.165, 1.54) is 6.08 Å². The maximum atomic E-state index is 12.1. The number of hydrogen-bond acceptors (Lipinski definition) is 4. The van der Waals surface area contributed by atoms with Crippen LogP contribution in [0, 0.1) is 6.92 Å². The molecule has 0 aliphatic carbocycles. The quantitative estimate of drug-likeness (QED) is 0.845. The average Bonchev–Trinajstić information content (AvgIpc) is 2.90. The number of hydrogen-bond donors (Lipinski definition) is 1. The Labute approximate surface area is 141 Å². The highest BCUT2D eigenvalue weighted by atomic mass is 32.1. The molecule has 0 bridgehead atoms. The first-order valence-corrected chi connectivity index (χ1v) is 8.27. The van der Waals surface area contributed by atoms with E-state index in [0.29, 0.717) is 11.4 Å². The van der Waals surface area contributed by atoms with Crippen molar-refractivity contribution in [1.29, 1.82) is 0 Å². The van der Waals surface area contributed by atoms with E-state index in [9.17, 15) is 4.79 Å².